The fourth-order valence-corrected chi connectivity index (χ4v) is 7.21. The molecule has 5 rings (SSSR count). The fourth-order valence-electron chi connectivity index (χ4n) is 4.87. The SMILES string of the molecule is CCCNc1ncc(N(C(N)=O)C(C(=O)NC2C(=O)N3C(C(=O)O)=C(CSc4nnnn4C)CS[C@H]23)c2ccc(O)cc2)c(=O)[nH]1. The van der Waals surface area contributed by atoms with Gasteiger partial charge in [-0.1, -0.05) is 30.8 Å². The standard InChI is InChI=1S/C26H29N11O7S2/c1-3-8-28-25-29-9-15(19(39)31-25)36(24(27)44)17(12-4-6-14(38)7-5-12)20(40)30-16-21(41)37-18(23(42)43)13(10-45-22(16)37)11-46-26-32-33-34-35(26)2/h4-7,9,16-17,22,38H,3,8,10-11H2,1-2H3,(H2,27,44)(H,30,40)(H,42,43)(H2,28,29,31,39)/t16?,17?,22-/m1/s1. The van der Waals surface area contributed by atoms with Crippen molar-refractivity contribution in [1.29, 1.82) is 0 Å². The third kappa shape index (κ3) is 6.33. The molecule has 2 aromatic heterocycles. The number of hydrogen-bond acceptors (Lipinski definition) is 13. The number of hydrogen-bond donors (Lipinski definition) is 6. The maximum atomic E-state index is 13.9. The second-order valence-electron chi connectivity index (χ2n) is 10.1. The number of carbonyl (C=O) groups excluding carboxylic acids is 3. The van der Waals surface area contributed by atoms with Crippen molar-refractivity contribution in [3.8, 4) is 5.75 Å². The number of urea groups is 1. The summed E-state index contributed by atoms with van der Waals surface area (Å²) in [5.74, 6) is -2.38. The average Bonchev–Trinajstić information content (AvgIpc) is 3.44. The van der Waals surface area contributed by atoms with Gasteiger partial charge in [-0.2, -0.15) is 0 Å². The number of rotatable bonds is 12. The van der Waals surface area contributed by atoms with Gasteiger partial charge in [0.1, 0.15) is 34.6 Å². The Morgan fingerprint density at radius 3 is 2.61 bits per heavy atom. The molecule has 0 aliphatic carbocycles. The Balaban J connectivity index is 1.42. The molecule has 2 aliphatic rings. The number of primary amides is 1. The van der Waals surface area contributed by atoms with Crippen LogP contribution in [-0.2, 0) is 21.4 Å². The molecule has 0 bridgehead atoms. The first-order chi connectivity index (χ1) is 22.0. The molecule has 1 saturated heterocycles. The van der Waals surface area contributed by atoms with Crippen LogP contribution in [0, 0.1) is 0 Å². The monoisotopic (exact) mass is 671 g/mol. The highest BCUT2D eigenvalue weighted by Gasteiger charge is 2.55. The number of fused-ring (bicyclic) bond motifs is 1. The number of nitrogens with two attached hydrogens (primary N) is 1. The number of aromatic nitrogens is 6. The Morgan fingerprint density at radius 1 is 1.26 bits per heavy atom. The maximum Gasteiger partial charge on any atom is 0.352 e. The third-order valence-electron chi connectivity index (χ3n) is 7.04. The van der Waals surface area contributed by atoms with Crippen LogP contribution in [0.5, 0.6) is 5.75 Å². The lowest BCUT2D eigenvalue weighted by Crippen LogP contribution is -2.71. The number of carboxylic acid groups (broad SMARTS) is 1. The molecule has 242 valence electrons. The predicted octanol–water partition coefficient (Wildman–Crippen LogP) is -0.0218. The number of β-lactam (4-membered cyclic amide) rings is 1. The molecule has 2 unspecified atom stereocenters. The highest BCUT2D eigenvalue weighted by Crippen LogP contribution is 2.42. The number of thioether (sulfide) groups is 2. The fraction of sp³-hybridized carbons (Fsp3) is 0.346. The molecule has 20 heteroatoms. The van der Waals surface area contributed by atoms with E-state index in [-0.39, 0.29) is 40.2 Å². The van der Waals surface area contributed by atoms with E-state index >= 15 is 0 Å². The van der Waals surface area contributed by atoms with E-state index < -0.39 is 46.8 Å². The van der Waals surface area contributed by atoms with Gasteiger partial charge in [0.25, 0.3) is 11.5 Å². The molecule has 2 aliphatic heterocycles. The summed E-state index contributed by atoms with van der Waals surface area (Å²) in [6.45, 7) is 2.44. The Kier molecular flexibility index (Phi) is 9.46. The number of aromatic amines is 1. The molecule has 0 saturated carbocycles. The molecular formula is C26H29N11O7S2. The lowest BCUT2D eigenvalue weighted by molar-refractivity contribution is -0.150. The number of nitrogens with one attached hydrogen (secondary N) is 3. The topological polar surface area (TPSA) is 255 Å². The lowest BCUT2D eigenvalue weighted by Gasteiger charge is -2.49. The van der Waals surface area contributed by atoms with Gasteiger partial charge in [0.2, 0.25) is 17.0 Å². The van der Waals surface area contributed by atoms with Crippen molar-refractivity contribution in [1.82, 2.24) is 40.4 Å². The average molecular weight is 672 g/mol. The number of carboxylic acids is 1. The van der Waals surface area contributed by atoms with Gasteiger partial charge in [-0.15, -0.1) is 16.9 Å². The van der Waals surface area contributed by atoms with Crippen LogP contribution < -0.4 is 26.8 Å². The zero-order valence-corrected chi connectivity index (χ0v) is 26.0. The quantitative estimate of drug-likeness (QED) is 0.109. The highest BCUT2D eigenvalue weighted by molar-refractivity contribution is 8.01. The van der Waals surface area contributed by atoms with Crippen LogP contribution >= 0.6 is 23.5 Å². The van der Waals surface area contributed by atoms with Crippen molar-refractivity contribution in [2.24, 2.45) is 12.8 Å². The molecule has 4 amide bonds. The number of anilines is 2. The second kappa shape index (κ2) is 13.5. The van der Waals surface area contributed by atoms with Gasteiger partial charge in [0.05, 0.1) is 6.20 Å². The van der Waals surface area contributed by atoms with Gasteiger partial charge in [-0.05, 0) is 40.1 Å². The number of aromatic hydroxyl groups is 1. The Labute approximate surface area is 268 Å². The molecule has 18 nitrogen and oxygen atoms in total. The van der Waals surface area contributed by atoms with Gasteiger partial charge in [-0.3, -0.25) is 29.2 Å². The normalized spacial score (nSPS) is 18.0. The van der Waals surface area contributed by atoms with Crippen LogP contribution in [0.15, 0.2) is 51.7 Å². The van der Waals surface area contributed by atoms with E-state index in [0.29, 0.717) is 17.3 Å². The van der Waals surface area contributed by atoms with Crippen molar-refractivity contribution in [3.63, 3.8) is 0 Å². The van der Waals surface area contributed by atoms with Crippen molar-refractivity contribution in [2.45, 2.75) is 36.0 Å². The zero-order chi connectivity index (χ0) is 33.1. The van der Waals surface area contributed by atoms with Crippen LogP contribution in [-0.4, -0.2) is 98.6 Å². The summed E-state index contributed by atoms with van der Waals surface area (Å²) < 4.78 is 1.44. The molecule has 1 fully saturated rings. The summed E-state index contributed by atoms with van der Waals surface area (Å²) in [6, 6.07) is 1.38. The molecule has 1 aromatic carbocycles. The molecule has 4 heterocycles. The van der Waals surface area contributed by atoms with E-state index in [1.54, 1.807) is 7.05 Å². The van der Waals surface area contributed by atoms with Crippen LogP contribution in [0.2, 0.25) is 0 Å². The van der Waals surface area contributed by atoms with E-state index in [4.69, 9.17) is 5.73 Å². The number of nitrogens with zero attached hydrogens (tertiary/aromatic N) is 7. The molecule has 3 aromatic rings. The third-order valence-corrected chi connectivity index (χ3v) is 9.48. The summed E-state index contributed by atoms with van der Waals surface area (Å²) in [7, 11) is 1.64. The number of H-pyrrole nitrogens is 1. The van der Waals surface area contributed by atoms with Gasteiger partial charge in [0, 0.05) is 25.1 Å². The lowest BCUT2D eigenvalue weighted by atomic mass is 10.00. The Morgan fingerprint density at radius 2 is 2.00 bits per heavy atom. The summed E-state index contributed by atoms with van der Waals surface area (Å²) in [5, 5.41) is 36.3. The van der Waals surface area contributed by atoms with Crippen LogP contribution in [0.25, 0.3) is 0 Å². The predicted molar refractivity (Wildman–Crippen MR) is 166 cm³/mol. The number of tetrazole rings is 1. The number of aliphatic carboxylic acids is 1. The van der Waals surface area contributed by atoms with Crippen molar-refractivity contribution < 1.29 is 29.4 Å². The summed E-state index contributed by atoms with van der Waals surface area (Å²) in [4.78, 5) is 74.0. The summed E-state index contributed by atoms with van der Waals surface area (Å²) in [5.41, 5.74) is 5.05. The van der Waals surface area contributed by atoms with E-state index in [2.05, 4.69) is 36.1 Å². The number of amides is 4. The maximum absolute atomic E-state index is 13.9. The minimum atomic E-state index is -1.58. The van der Waals surface area contributed by atoms with E-state index in [9.17, 15) is 34.2 Å². The van der Waals surface area contributed by atoms with Gasteiger partial charge in [-0.25, -0.2) is 19.3 Å². The molecule has 7 N–H and O–H groups in total. The second-order valence-corrected chi connectivity index (χ2v) is 12.1. The largest absolute Gasteiger partial charge is 0.508 e. The van der Waals surface area contributed by atoms with Crippen LogP contribution in [0.3, 0.4) is 0 Å². The van der Waals surface area contributed by atoms with Crippen molar-refractivity contribution >= 4 is 59.0 Å². The number of benzene rings is 1. The molecule has 0 spiro atoms. The molecular weight excluding hydrogens is 642 g/mol. The van der Waals surface area contributed by atoms with Crippen LogP contribution in [0.4, 0.5) is 16.4 Å². The highest BCUT2D eigenvalue weighted by atomic mass is 32.2. The number of aryl methyl sites for hydroxylation is 1. The number of phenols is 1. The molecule has 0 radical (unpaired) electrons. The van der Waals surface area contributed by atoms with Crippen molar-refractivity contribution in [3.05, 3.63) is 57.6 Å². The number of carbonyl (C=O) groups is 4. The first-order valence-electron chi connectivity index (χ1n) is 13.8. The van der Waals surface area contributed by atoms with Crippen molar-refractivity contribution in [2.75, 3.05) is 28.3 Å². The number of phenolic OH excluding ortho intramolecular Hbond substituents is 1. The van der Waals surface area contributed by atoms with Crippen LogP contribution in [0.1, 0.15) is 24.9 Å². The van der Waals surface area contributed by atoms with Gasteiger partial charge in [0.15, 0.2) is 0 Å². The Hall–Kier alpha value is -5.11. The van der Waals surface area contributed by atoms with Gasteiger partial charge < -0.3 is 26.6 Å². The van der Waals surface area contributed by atoms with E-state index in [1.165, 1.54) is 52.5 Å². The van der Waals surface area contributed by atoms with E-state index in [1.807, 2.05) is 6.92 Å². The minimum Gasteiger partial charge on any atom is -0.508 e. The molecule has 3 atom stereocenters. The molecule has 46 heavy (non-hydrogen) atoms. The minimum absolute atomic E-state index is 0.125. The summed E-state index contributed by atoms with van der Waals surface area (Å²) in [6.07, 6.45) is 1.85. The zero-order valence-electron chi connectivity index (χ0n) is 24.4. The van der Waals surface area contributed by atoms with E-state index in [0.717, 1.165) is 22.4 Å². The summed E-state index contributed by atoms with van der Waals surface area (Å²) >= 11 is 2.47. The smallest absolute Gasteiger partial charge is 0.352 e. The Bertz CT molecular complexity index is 1760. The first-order valence-corrected chi connectivity index (χ1v) is 15.8. The first kappa shape index (κ1) is 32.3. The van der Waals surface area contributed by atoms with Gasteiger partial charge >= 0.3 is 12.0 Å².